The predicted molar refractivity (Wildman–Crippen MR) is 118 cm³/mol. The van der Waals surface area contributed by atoms with Crippen molar-refractivity contribution < 1.29 is 9.90 Å². The number of ketones is 1. The Kier molecular flexibility index (Phi) is 19.7. The zero-order valence-corrected chi connectivity index (χ0v) is 17.3. The first-order valence-electron chi connectivity index (χ1n) is 10.8. The fourth-order valence-electron chi connectivity index (χ4n) is 2.74. The molecule has 0 fully saturated rings. The van der Waals surface area contributed by atoms with Gasteiger partial charge in [0.1, 0.15) is 6.10 Å². The van der Waals surface area contributed by atoms with Gasteiger partial charge in [-0.05, 0) is 18.9 Å². The van der Waals surface area contributed by atoms with Crippen LogP contribution < -0.4 is 5.73 Å². The third-order valence-electron chi connectivity index (χ3n) is 4.48. The van der Waals surface area contributed by atoms with E-state index in [1.165, 1.54) is 76.7 Å². The molecule has 0 aliphatic rings. The minimum absolute atomic E-state index is 0.0449. The highest BCUT2D eigenvalue weighted by Gasteiger charge is 2.07. The standard InChI is InChI=1S/C24H41NO2/c1-2-3-4-5-6-7-8-9-10-11-12-13-14-15-16-17-18-19-20-21-23(26)24(27)22-25/h14-21,24,27H,2-13,22,25H2,1H3. The van der Waals surface area contributed by atoms with E-state index in [1.54, 1.807) is 12.2 Å². The molecule has 0 aromatic carbocycles. The predicted octanol–water partition coefficient (Wildman–Crippen LogP) is 5.80. The average molecular weight is 376 g/mol. The van der Waals surface area contributed by atoms with E-state index < -0.39 is 6.10 Å². The first-order chi connectivity index (χ1) is 13.2. The number of carbonyl (C=O) groups excluding carboxylic acids is 1. The molecule has 1 unspecified atom stereocenters. The van der Waals surface area contributed by atoms with Crippen LogP contribution in [0.1, 0.15) is 84.0 Å². The summed E-state index contributed by atoms with van der Waals surface area (Å²) >= 11 is 0. The molecule has 0 heterocycles. The SMILES string of the molecule is CCCCCCCCCCCCCC=CC=CC=CC=CC(=O)C(O)CN. The zero-order valence-electron chi connectivity index (χ0n) is 17.3. The average Bonchev–Trinajstić information content (AvgIpc) is 2.68. The maximum atomic E-state index is 11.3. The second kappa shape index (κ2) is 20.9. The maximum absolute atomic E-state index is 11.3. The Hall–Kier alpha value is -1.45. The fourth-order valence-corrected chi connectivity index (χ4v) is 2.74. The number of aliphatic hydroxyl groups excluding tert-OH is 1. The van der Waals surface area contributed by atoms with Crippen molar-refractivity contribution in [1.82, 2.24) is 0 Å². The summed E-state index contributed by atoms with van der Waals surface area (Å²) in [6, 6.07) is 0. The highest BCUT2D eigenvalue weighted by atomic mass is 16.3. The van der Waals surface area contributed by atoms with Gasteiger partial charge in [0, 0.05) is 6.54 Å². The topological polar surface area (TPSA) is 63.3 Å². The Morgan fingerprint density at radius 1 is 0.778 bits per heavy atom. The van der Waals surface area contributed by atoms with Crippen LogP contribution in [0.5, 0.6) is 0 Å². The molecular weight excluding hydrogens is 334 g/mol. The van der Waals surface area contributed by atoms with Crippen molar-refractivity contribution in [3.63, 3.8) is 0 Å². The Balaban J connectivity index is 3.46. The fraction of sp³-hybridized carbons (Fsp3) is 0.625. The molecule has 1 atom stereocenters. The first-order valence-corrected chi connectivity index (χ1v) is 10.8. The van der Waals surface area contributed by atoms with Gasteiger partial charge in [-0.15, -0.1) is 0 Å². The molecular formula is C24H41NO2. The van der Waals surface area contributed by atoms with Crippen molar-refractivity contribution in [1.29, 1.82) is 0 Å². The number of hydrogen-bond donors (Lipinski definition) is 2. The van der Waals surface area contributed by atoms with Gasteiger partial charge < -0.3 is 10.8 Å². The lowest BCUT2D eigenvalue weighted by Gasteiger charge is -2.01. The van der Waals surface area contributed by atoms with Gasteiger partial charge in [-0.3, -0.25) is 4.79 Å². The van der Waals surface area contributed by atoms with E-state index in [0.717, 1.165) is 6.42 Å². The summed E-state index contributed by atoms with van der Waals surface area (Å²) in [6.07, 6.45) is 30.0. The number of hydrogen-bond acceptors (Lipinski definition) is 3. The quantitative estimate of drug-likeness (QED) is 0.181. The number of carbonyl (C=O) groups is 1. The van der Waals surface area contributed by atoms with E-state index in [-0.39, 0.29) is 12.3 Å². The molecule has 0 aromatic heterocycles. The van der Waals surface area contributed by atoms with Crippen molar-refractivity contribution >= 4 is 5.78 Å². The molecule has 0 saturated carbocycles. The van der Waals surface area contributed by atoms with Gasteiger partial charge >= 0.3 is 0 Å². The molecule has 0 rings (SSSR count). The highest BCUT2D eigenvalue weighted by molar-refractivity contribution is 5.93. The molecule has 3 nitrogen and oxygen atoms in total. The van der Waals surface area contributed by atoms with E-state index in [4.69, 9.17) is 5.73 Å². The number of aliphatic hydroxyl groups is 1. The molecule has 0 saturated heterocycles. The minimum atomic E-state index is -1.09. The smallest absolute Gasteiger partial charge is 0.185 e. The van der Waals surface area contributed by atoms with Crippen molar-refractivity contribution in [2.24, 2.45) is 5.73 Å². The molecule has 3 heteroatoms. The van der Waals surface area contributed by atoms with E-state index in [1.807, 2.05) is 18.2 Å². The van der Waals surface area contributed by atoms with Gasteiger partial charge in [0.15, 0.2) is 5.78 Å². The summed E-state index contributed by atoms with van der Waals surface area (Å²) in [5.74, 6) is -0.363. The number of unbranched alkanes of at least 4 members (excludes halogenated alkanes) is 11. The van der Waals surface area contributed by atoms with Crippen LogP contribution in [0.2, 0.25) is 0 Å². The van der Waals surface area contributed by atoms with E-state index in [9.17, 15) is 9.90 Å². The Morgan fingerprint density at radius 3 is 1.81 bits per heavy atom. The molecule has 0 bridgehead atoms. The van der Waals surface area contributed by atoms with Crippen LogP contribution in [0, 0.1) is 0 Å². The van der Waals surface area contributed by atoms with Gasteiger partial charge in [-0.2, -0.15) is 0 Å². The molecule has 3 N–H and O–H groups in total. The van der Waals surface area contributed by atoms with E-state index in [2.05, 4.69) is 19.1 Å². The van der Waals surface area contributed by atoms with Crippen molar-refractivity contribution in [3.05, 3.63) is 48.6 Å². The first kappa shape index (κ1) is 25.6. The Labute approximate surface area is 167 Å². The largest absolute Gasteiger partial charge is 0.384 e. The second-order valence-corrected chi connectivity index (χ2v) is 7.04. The molecule has 0 aliphatic carbocycles. The third kappa shape index (κ3) is 19.1. The summed E-state index contributed by atoms with van der Waals surface area (Å²) in [5, 5.41) is 9.20. The summed E-state index contributed by atoms with van der Waals surface area (Å²) < 4.78 is 0. The lowest BCUT2D eigenvalue weighted by molar-refractivity contribution is -0.121. The van der Waals surface area contributed by atoms with Crippen LogP contribution in [-0.4, -0.2) is 23.5 Å². The third-order valence-corrected chi connectivity index (χ3v) is 4.48. The van der Waals surface area contributed by atoms with Crippen LogP contribution in [0.4, 0.5) is 0 Å². The molecule has 0 spiro atoms. The number of nitrogens with two attached hydrogens (primary N) is 1. The van der Waals surface area contributed by atoms with E-state index >= 15 is 0 Å². The lowest BCUT2D eigenvalue weighted by atomic mass is 10.1. The highest BCUT2D eigenvalue weighted by Crippen LogP contribution is 2.11. The molecule has 27 heavy (non-hydrogen) atoms. The van der Waals surface area contributed by atoms with Crippen LogP contribution in [0.3, 0.4) is 0 Å². The Bertz CT molecular complexity index is 449. The maximum Gasteiger partial charge on any atom is 0.185 e. The lowest BCUT2D eigenvalue weighted by Crippen LogP contribution is -2.27. The molecule has 0 aliphatic heterocycles. The van der Waals surface area contributed by atoms with E-state index in [0.29, 0.717) is 0 Å². The summed E-state index contributed by atoms with van der Waals surface area (Å²) in [5.41, 5.74) is 5.21. The summed E-state index contributed by atoms with van der Waals surface area (Å²) in [6.45, 7) is 2.22. The monoisotopic (exact) mass is 375 g/mol. The van der Waals surface area contributed by atoms with Gasteiger partial charge in [0.05, 0.1) is 0 Å². The number of rotatable bonds is 18. The van der Waals surface area contributed by atoms with Crippen LogP contribution in [-0.2, 0) is 4.79 Å². The van der Waals surface area contributed by atoms with Crippen LogP contribution >= 0.6 is 0 Å². The molecule has 154 valence electrons. The molecule has 0 amide bonds. The van der Waals surface area contributed by atoms with Gasteiger partial charge in [-0.25, -0.2) is 0 Å². The van der Waals surface area contributed by atoms with Crippen molar-refractivity contribution in [2.45, 2.75) is 90.1 Å². The van der Waals surface area contributed by atoms with Crippen LogP contribution in [0.25, 0.3) is 0 Å². The summed E-state index contributed by atoms with van der Waals surface area (Å²) in [4.78, 5) is 11.3. The van der Waals surface area contributed by atoms with Gasteiger partial charge in [0.25, 0.3) is 0 Å². The van der Waals surface area contributed by atoms with Crippen LogP contribution in [0.15, 0.2) is 48.6 Å². The zero-order chi connectivity index (χ0) is 20.0. The van der Waals surface area contributed by atoms with Crippen molar-refractivity contribution in [2.75, 3.05) is 6.54 Å². The van der Waals surface area contributed by atoms with Gasteiger partial charge in [0.2, 0.25) is 0 Å². The molecule has 0 radical (unpaired) electrons. The normalized spacial score (nSPS) is 13.6. The van der Waals surface area contributed by atoms with Crippen molar-refractivity contribution in [3.8, 4) is 0 Å². The number of allylic oxidation sites excluding steroid dienone is 7. The van der Waals surface area contributed by atoms with Gasteiger partial charge in [-0.1, -0.05) is 114 Å². The summed E-state index contributed by atoms with van der Waals surface area (Å²) in [7, 11) is 0. The molecule has 0 aromatic rings. The Morgan fingerprint density at radius 2 is 1.26 bits per heavy atom. The minimum Gasteiger partial charge on any atom is -0.384 e. The second-order valence-electron chi connectivity index (χ2n) is 7.04.